The Morgan fingerprint density at radius 2 is 2.20 bits per heavy atom. The van der Waals surface area contributed by atoms with Gasteiger partial charge in [0.1, 0.15) is 5.01 Å². The lowest BCUT2D eigenvalue weighted by molar-refractivity contribution is 0.617. The number of aromatic nitrogens is 3. The van der Waals surface area contributed by atoms with Gasteiger partial charge < -0.3 is 5.32 Å². The van der Waals surface area contributed by atoms with E-state index < -0.39 is 0 Å². The van der Waals surface area contributed by atoms with Crippen molar-refractivity contribution in [1.82, 2.24) is 20.1 Å². The molecule has 0 saturated heterocycles. The average molecular weight is 290 g/mol. The van der Waals surface area contributed by atoms with Crippen LogP contribution in [0, 0.1) is 0 Å². The van der Waals surface area contributed by atoms with Crippen molar-refractivity contribution in [2.45, 2.75) is 52.1 Å². The molecule has 20 heavy (non-hydrogen) atoms. The maximum absolute atomic E-state index is 4.90. The standard InChI is InChI=1S/C15H22N4S/c1-3-16-14(11-9-17-19(4-2)10-11)15-18-12-7-5-6-8-13(12)20-15/h9-10,14,16H,3-8H2,1-2H3. The summed E-state index contributed by atoms with van der Waals surface area (Å²) in [5, 5.41) is 9.16. The molecule has 3 rings (SSSR count). The van der Waals surface area contributed by atoms with Gasteiger partial charge in [-0.25, -0.2) is 4.98 Å². The van der Waals surface area contributed by atoms with Crippen LogP contribution < -0.4 is 5.32 Å². The second-order valence-corrected chi connectivity index (χ2v) is 6.36. The molecule has 1 unspecified atom stereocenters. The molecule has 1 aliphatic rings. The SMILES string of the molecule is CCNC(c1cnn(CC)c1)c1nc2c(s1)CCCC2. The molecule has 4 nitrogen and oxygen atoms in total. The third kappa shape index (κ3) is 2.65. The highest BCUT2D eigenvalue weighted by atomic mass is 32.1. The Balaban J connectivity index is 1.91. The fraction of sp³-hybridized carbons (Fsp3) is 0.600. The van der Waals surface area contributed by atoms with E-state index in [-0.39, 0.29) is 6.04 Å². The first-order valence-corrected chi connectivity index (χ1v) is 8.37. The van der Waals surface area contributed by atoms with E-state index in [4.69, 9.17) is 4.98 Å². The first-order chi connectivity index (χ1) is 9.81. The summed E-state index contributed by atoms with van der Waals surface area (Å²) in [6.07, 6.45) is 9.06. The van der Waals surface area contributed by atoms with Crippen LogP contribution in [0.25, 0.3) is 0 Å². The molecule has 0 aromatic carbocycles. The van der Waals surface area contributed by atoms with Crippen LogP contribution in [0.4, 0.5) is 0 Å². The molecule has 108 valence electrons. The number of aryl methyl sites for hydroxylation is 3. The Morgan fingerprint density at radius 1 is 1.35 bits per heavy atom. The van der Waals surface area contributed by atoms with Crippen LogP contribution in [-0.4, -0.2) is 21.3 Å². The highest BCUT2D eigenvalue weighted by Crippen LogP contribution is 2.32. The molecule has 1 aliphatic carbocycles. The highest BCUT2D eigenvalue weighted by molar-refractivity contribution is 7.11. The first kappa shape index (κ1) is 13.8. The van der Waals surface area contributed by atoms with Crippen molar-refractivity contribution >= 4 is 11.3 Å². The summed E-state index contributed by atoms with van der Waals surface area (Å²) in [7, 11) is 0. The molecular formula is C15H22N4S. The van der Waals surface area contributed by atoms with Gasteiger partial charge in [-0.15, -0.1) is 11.3 Å². The van der Waals surface area contributed by atoms with E-state index in [1.54, 1.807) is 0 Å². The normalized spacial score (nSPS) is 16.1. The lowest BCUT2D eigenvalue weighted by atomic mass is 10.0. The Morgan fingerprint density at radius 3 is 2.90 bits per heavy atom. The Hall–Kier alpha value is -1.20. The molecule has 1 atom stereocenters. The summed E-state index contributed by atoms with van der Waals surface area (Å²) < 4.78 is 1.98. The molecule has 5 heteroatoms. The molecule has 2 heterocycles. The van der Waals surface area contributed by atoms with E-state index in [1.807, 2.05) is 22.2 Å². The second-order valence-electron chi connectivity index (χ2n) is 5.25. The molecule has 0 bridgehead atoms. The van der Waals surface area contributed by atoms with Crippen molar-refractivity contribution in [3.63, 3.8) is 0 Å². The fourth-order valence-corrected chi connectivity index (χ4v) is 4.01. The Bertz CT molecular complexity index is 549. The Labute approximate surface area is 124 Å². The number of nitrogens with zero attached hydrogens (tertiary/aromatic N) is 3. The van der Waals surface area contributed by atoms with Crippen LogP contribution in [-0.2, 0) is 19.4 Å². The van der Waals surface area contributed by atoms with Crippen LogP contribution in [0.1, 0.15) is 53.9 Å². The number of hydrogen-bond acceptors (Lipinski definition) is 4. The van der Waals surface area contributed by atoms with Gasteiger partial charge >= 0.3 is 0 Å². The fourth-order valence-electron chi connectivity index (χ4n) is 2.75. The van der Waals surface area contributed by atoms with E-state index in [9.17, 15) is 0 Å². The van der Waals surface area contributed by atoms with E-state index in [0.717, 1.165) is 19.5 Å². The molecule has 0 radical (unpaired) electrons. The lowest BCUT2D eigenvalue weighted by Gasteiger charge is -2.13. The van der Waals surface area contributed by atoms with Crippen LogP contribution in [0.2, 0.25) is 0 Å². The monoisotopic (exact) mass is 290 g/mol. The van der Waals surface area contributed by atoms with Gasteiger partial charge in [0.25, 0.3) is 0 Å². The minimum atomic E-state index is 0.191. The summed E-state index contributed by atoms with van der Waals surface area (Å²) in [6.45, 7) is 6.10. The van der Waals surface area contributed by atoms with Crippen molar-refractivity contribution in [2.75, 3.05) is 6.54 Å². The van der Waals surface area contributed by atoms with Gasteiger partial charge in [0.05, 0.1) is 17.9 Å². The Kier molecular flexibility index (Phi) is 4.17. The van der Waals surface area contributed by atoms with E-state index in [0.29, 0.717) is 0 Å². The van der Waals surface area contributed by atoms with Crippen molar-refractivity contribution in [3.05, 3.63) is 33.5 Å². The van der Waals surface area contributed by atoms with E-state index in [2.05, 4.69) is 30.5 Å². The minimum Gasteiger partial charge on any atom is -0.304 e. The average Bonchev–Trinajstić information content (AvgIpc) is 3.10. The minimum absolute atomic E-state index is 0.191. The summed E-state index contributed by atoms with van der Waals surface area (Å²) in [6, 6.07) is 0.191. The molecule has 2 aromatic heterocycles. The van der Waals surface area contributed by atoms with Gasteiger partial charge in [0, 0.05) is 23.2 Å². The molecule has 0 aliphatic heterocycles. The van der Waals surface area contributed by atoms with Crippen molar-refractivity contribution in [2.24, 2.45) is 0 Å². The molecule has 0 amide bonds. The third-order valence-corrected chi connectivity index (χ3v) is 5.05. The van der Waals surface area contributed by atoms with E-state index in [1.165, 1.54) is 40.4 Å². The van der Waals surface area contributed by atoms with Gasteiger partial charge in [-0.3, -0.25) is 4.68 Å². The zero-order valence-electron chi connectivity index (χ0n) is 12.2. The van der Waals surface area contributed by atoms with Crippen LogP contribution in [0.5, 0.6) is 0 Å². The number of thiazole rings is 1. The molecule has 0 saturated carbocycles. The molecular weight excluding hydrogens is 268 g/mol. The van der Waals surface area contributed by atoms with Crippen molar-refractivity contribution in [3.8, 4) is 0 Å². The van der Waals surface area contributed by atoms with Gasteiger partial charge in [0.2, 0.25) is 0 Å². The first-order valence-electron chi connectivity index (χ1n) is 7.56. The second kappa shape index (κ2) is 6.06. The number of hydrogen-bond donors (Lipinski definition) is 1. The van der Waals surface area contributed by atoms with E-state index >= 15 is 0 Å². The topological polar surface area (TPSA) is 42.7 Å². The largest absolute Gasteiger partial charge is 0.304 e. The predicted molar refractivity (Wildman–Crippen MR) is 82.2 cm³/mol. The van der Waals surface area contributed by atoms with Gasteiger partial charge in [-0.1, -0.05) is 6.92 Å². The summed E-state index contributed by atoms with van der Waals surface area (Å²) >= 11 is 1.88. The van der Waals surface area contributed by atoms with Gasteiger partial charge in [-0.2, -0.15) is 5.10 Å². The molecule has 2 aromatic rings. The quantitative estimate of drug-likeness (QED) is 0.920. The number of rotatable bonds is 5. The maximum Gasteiger partial charge on any atom is 0.115 e. The van der Waals surface area contributed by atoms with Gasteiger partial charge in [0.15, 0.2) is 0 Å². The van der Waals surface area contributed by atoms with Crippen LogP contribution in [0.15, 0.2) is 12.4 Å². The lowest BCUT2D eigenvalue weighted by Crippen LogP contribution is -2.21. The summed E-state index contributed by atoms with van der Waals surface area (Å²) in [5.74, 6) is 0. The highest BCUT2D eigenvalue weighted by Gasteiger charge is 2.22. The van der Waals surface area contributed by atoms with Gasteiger partial charge in [-0.05, 0) is 39.2 Å². The maximum atomic E-state index is 4.90. The number of fused-ring (bicyclic) bond motifs is 1. The summed E-state index contributed by atoms with van der Waals surface area (Å²) in [5.41, 5.74) is 2.56. The molecule has 1 N–H and O–H groups in total. The van der Waals surface area contributed by atoms with Crippen LogP contribution >= 0.6 is 11.3 Å². The number of nitrogens with one attached hydrogen (secondary N) is 1. The molecule has 0 spiro atoms. The third-order valence-electron chi connectivity index (χ3n) is 3.83. The van der Waals surface area contributed by atoms with Crippen LogP contribution in [0.3, 0.4) is 0 Å². The van der Waals surface area contributed by atoms with Crippen molar-refractivity contribution < 1.29 is 0 Å². The smallest absolute Gasteiger partial charge is 0.115 e. The van der Waals surface area contributed by atoms with Crippen molar-refractivity contribution in [1.29, 1.82) is 0 Å². The zero-order chi connectivity index (χ0) is 13.9. The summed E-state index contributed by atoms with van der Waals surface area (Å²) in [4.78, 5) is 6.40. The molecule has 0 fully saturated rings. The zero-order valence-corrected chi connectivity index (χ0v) is 13.0. The predicted octanol–water partition coefficient (Wildman–Crippen LogP) is 2.94.